The van der Waals surface area contributed by atoms with Crippen LogP contribution in [0.5, 0.6) is 5.75 Å². The van der Waals surface area contributed by atoms with Gasteiger partial charge >= 0.3 is 7.60 Å². The van der Waals surface area contributed by atoms with Gasteiger partial charge in [0.25, 0.3) is 11.8 Å². The molecule has 1 atom stereocenters. The molecular formula is C23H39N2O6P. The van der Waals surface area contributed by atoms with Gasteiger partial charge in [0.2, 0.25) is 0 Å². The second-order valence-corrected chi connectivity index (χ2v) is 11.3. The number of benzene rings is 1. The number of carbonyl (C=O) groups excluding carboxylic acids is 1. The van der Waals surface area contributed by atoms with Gasteiger partial charge in [-0.1, -0.05) is 0 Å². The number of carbonyl (C=O) groups is 1. The first-order valence-electron chi connectivity index (χ1n) is 11.2. The number of hydroxylamine groups is 2. The normalized spacial score (nSPS) is 19.4. The van der Waals surface area contributed by atoms with Crippen molar-refractivity contribution in [2.45, 2.75) is 77.7 Å². The van der Waals surface area contributed by atoms with Crippen molar-refractivity contribution < 1.29 is 28.0 Å². The van der Waals surface area contributed by atoms with Gasteiger partial charge < -0.3 is 18.7 Å². The monoisotopic (exact) mass is 470 g/mol. The fourth-order valence-electron chi connectivity index (χ4n) is 4.23. The van der Waals surface area contributed by atoms with E-state index in [0.29, 0.717) is 11.4 Å². The molecule has 1 aromatic carbocycles. The molecular weight excluding hydrogens is 431 g/mol. The highest BCUT2D eigenvalue weighted by Crippen LogP contribution is 2.55. The van der Waals surface area contributed by atoms with Crippen LogP contribution in [0.2, 0.25) is 0 Å². The summed E-state index contributed by atoms with van der Waals surface area (Å²) in [5, 5.41) is 1.82. The first-order valence-corrected chi connectivity index (χ1v) is 12.8. The molecule has 0 bridgehead atoms. The standard InChI is InChI=1S/C23H39N2O6P/c1-9-29-32(27,30-10-2)21(31-25-22(3,4)16-11-17-23(25,5)6)20(26)24(7)18-12-14-19(28-8)15-13-18/h12-15,21H,9-11,16-17H2,1-8H3. The van der Waals surface area contributed by atoms with E-state index in [1.165, 1.54) is 4.90 Å². The minimum Gasteiger partial charge on any atom is -0.497 e. The number of likely N-dealkylation sites (N-methyl/N-ethyl adjacent to an activating group) is 1. The van der Waals surface area contributed by atoms with E-state index < -0.39 is 19.3 Å². The minimum atomic E-state index is -3.93. The van der Waals surface area contributed by atoms with Crippen LogP contribution >= 0.6 is 7.60 Å². The third-order valence-corrected chi connectivity index (χ3v) is 7.91. The molecule has 1 saturated heterocycles. The van der Waals surface area contributed by atoms with Gasteiger partial charge in [0.1, 0.15) is 5.75 Å². The zero-order chi connectivity index (χ0) is 24.2. The molecule has 1 heterocycles. The third kappa shape index (κ3) is 5.91. The average Bonchev–Trinajstić information content (AvgIpc) is 2.72. The Kier molecular flexibility index (Phi) is 8.93. The van der Waals surface area contributed by atoms with Crippen LogP contribution < -0.4 is 9.64 Å². The summed E-state index contributed by atoms with van der Waals surface area (Å²) in [5.74, 6) is -1.27. The van der Waals surface area contributed by atoms with Gasteiger partial charge in [-0.3, -0.25) is 14.2 Å². The summed E-state index contributed by atoms with van der Waals surface area (Å²) < 4.78 is 30.2. The SMILES string of the molecule is CCOP(=O)(OCC)C(ON1C(C)(C)CCCC1(C)C)C(=O)N(C)c1ccc(OC)cc1. The minimum absolute atomic E-state index is 0.128. The molecule has 1 fully saturated rings. The fraction of sp³-hybridized carbons (Fsp3) is 0.696. The van der Waals surface area contributed by atoms with Crippen LogP contribution in [0.1, 0.15) is 60.8 Å². The fourth-order valence-corrected chi connectivity index (χ4v) is 5.95. The molecule has 8 nitrogen and oxygen atoms in total. The Morgan fingerprint density at radius 3 is 2.00 bits per heavy atom. The Labute approximate surface area is 192 Å². The van der Waals surface area contributed by atoms with Crippen molar-refractivity contribution in [3.63, 3.8) is 0 Å². The van der Waals surface area contributed by atoms with Crippen LogP contribution in [0.4, 0.5) is 5.69 Å². The number of methoxy groups -OCH3 is 1. The summed E-state index contributed by atoms with van der Waals surface area (Å²) in [7, 11) is -0.734. The van der Waals surface area contributed by atoms with Crippen molar-refractivity contribution in [3.8, 4) is 5.75 Å². The first-order chi connectivity index (χ1) is 14.9. The number of piperidine rings is 1. The molecule has 1 aliphatic heterocycles. The molecule has 1 aliphatic rings. The molecule has 0 radical (unpaired) electrons. The maximum absolute atomic E-state index is 13.8. The lowest BCUT2D eigenvalue weighted by atomic mass is 9.82. The lowest BCUT2D eigenvalue weighted by Gasteiger charge is -2.52. The van der Waals surface area contributed by atoms with Crippen molar-refractivity contribution in [2.75, 3.05) is 32.3 Å². The molecule has 1 amide bonds. The molecule has 0 aliphatic carbocycles. The summed E-state index contributed by atoms with van der Waals surface area (Å²) in [6.45, 7) is 11.9. The van der Waals surface area contributed by atoms with E-state index in [4.69, 9.17) is 18.6 Å². The van der Waals surface area contributed by atoms with Crippen LogP contribution in [0, 0.1) is 0 Å². The smallest absolute Gasteiger partial charge is 0.371 e. The van der Waals surface area contributed by atoms with E-state index in [2.05, 4.69) is 27.7 Å². The largest absolute Gasteiger partial charge is 0.497 e. The van der Waals surface area contributed by atoms with Gasteiger partial charge in [-0.05, 0) is 85.1 Å². The molecule has 182 valence electrons. The number of anilines is 1. The third-order valence-electron chi connectivity index (χ3n) is 5.79. The average molecular weight is 471 g/mol. The Morgan fingerprint density at radius 2 is 1.56 bits per heavy atom. The van der Waals surface area contributed by atoms with Crippen LogP contribution in [-0.4, -0.2) is 55.3 Å². The Bertz CT molecular complexity index is 785. The van der Waals surface area contributed by atoms with E-state index >= 15 is 0 Å². The van der Waals surface area contributed by atoms with Crippen molar-refractivity contribution in [1.82, 2.24) is 5.06 Å². The van der Waals surface area contributed by atoms with Crippen molar-refractivity contribution in [2.24, 2.45) is 0 Å². The molecule has 32 heavy (non-hydrogen) atoms. The van der Waals surface area contributed by atoms with Gasteiger partial charge in [0.05, 0.1) is 20.3 Å². The second kappa shape index (κ2) is 10.7. The van der Waals surface area contributed by atoms with E-state index in [0.717, 1.165) is 19.3 Å². The maximum atomic E-state index is 13.8. The van der Waals surface area contributed by atoms with E-state index in [1.54, 1.807) is 52.3 Å². The Hall–Kier alpha value is -1.44. The van der Waals surface area contributed by atoms with Gasteiger partial charge in [0, 0.05) is 23.8 Å². The summed E-state index contributed by atoms with van der Waals surface area (Å²) >= 11 is 0. The lowest BCUT2D eigenvalue weighted by Crippen LogP contribution is -2.60. The molecule has 0 spiro atoms. The summed E-state index contributed by atoms with van der Waals surface area (Å²) in [6, 6.07) is 7.04. The highest BCUT2D eigenvalue weighted by Gasteiger charge is 2.51. The second-order valence-electron chi connectivity index (χ2n) is 9.20. The van der Waals surface area contributed by atoms with E-state index in [1.807, 2.05) is 5.06 Å². The number of amides is 1. The van der Waals surface area contributed by atoms with Gasteiger partial charge in [-0.25, -0.2) is 0 Å². The molecule has 2 rings (SSSR count). The molecule has 0 N–H and O–H groups in total. The molecule has 1 unspecified atom stereocenters. The summed E-state index contributed by atoms with van der Waals surface area (Å²) in [6.07, 6.45) is 2.82. The molecule has 9 heteroatoms. The molecule has 1 aromatic rings. The highest BCUT2D eigenvalue weighted by atomic mass is 31.2. The van der Waals surface area contributed by atoms with Gasteiger partial charge in [-0.15, -0.1) is 0 Å². The molecule has 0 aromatic heterocycles. The van der Waals surface area contributed by atoms with Crippen LogP contribution in [-0.2, 0) is 23.2 Å². The van der Waals surface area contributed by atoms with Gasteiger partial charge in [0.15, 0.2) is 0 Å². The Morgan fingerprint density at radius 1 is 1.06 bits per heavy atom. The van der Waals surface area contributed by atoms with Crippen LogP contribution in [0.3, 0.4) is 0 Å². The zero-order valence-corrected chi connectivity index (χ0v) is 21.6. The zero-order valence-electron chi connectivity index (χ0n) is 20.7. The Balaban J connectivity index is 2.47. The number of ether oxygens (including phenoxy) is 1. The first kappa shape index (κ1) is 26.8. The highest BCUT2D eigenvalue weighted by molar-refractivity contribution is 7.55. The lowest BCUT2D eigenvalue weighted by molar-refractivity contribution is -0.287. The topological polar surface area (TPSA) is 77.5 Å². The van der Waals surface area contributed by atoms with E-state index in [9.17, 15) is 9.36 Å². The van der Waals surface area contributed by atoms with E-state index in [-0.39, 0.29) is 24.3 Å². The maximum Gasteiger partial charge on any atom is 0.371 e. The number of rotatable bonds is 10. The summed E-state index contributed by atoms with van der Waals surface area (Å²) in [4.78, 5) is 21.5. The predicted octanol–water partition coefficient (Wildman–Crippen LogP) is 5.22. The quantitative estimate of drug-likeness (QED) is 0.434. The van der Waals surface area contributed by atoms with Crippen molar-refractivity contribution in [3.05, 3.63) is 24.3 Å². The van der Waals surface area contributed by atoms with Gasteiger partial charge in [-0.2, -0.15) is 5.06 Å². The summed E-state index contributed by atoms with van der Waals surface area (Å²) in [5.41, 5.74) is -0.106. The number of hydrogen-bond acceptors (Lipinski definition) is 7. The van der Waals surface area contributed by atoms with Crippen molar-refractivity contribution >= 4 is 19.2 Å². The van der Waals surface area contributed by atoms with Crippen LogP contribution in [0.15, 0.2) is 24.3 Å². The van der Waals surface area contributed by atoms with Crippen molar-refractivity contribution in [1.29, 1.82) is 0 Å². The van der Waals surface area contributed by atoms with Crippen LogP contribution in [0.25, 0.3) is 0 Å². The predicted molar refractivity (Wildman–Crippen MR) is 126 cm³/mol. The molecule has 0 saturated carbocycles. The number of nitrogens with zero attached hydrogens (tertiary/aromatic N) is 2. The number of hydrogen-bond donors (Lipinski definition) is 0.